The molecule has 0 aliphatic carbocycles. The number of aromatic nitrogens is 1. The highest BCUT2D eigenvalue weighted by molar-refractivity contribution is 6.35. The highest BCUT2D eigenvalue weighted by Crippen LogP contribution is 2.37. The van der Waals surface area contributed by atoms with Crippen LogP contribution in [0.25, 0.3) is 0 Å². The molecule has 2 aromatic carbocycles. The Hall–Kier alpha value is -1.69. The second kappa shape index (κ2) is 11.5. The Bertz CT molecular complexity index is 939. The maximum absolute atomic E-state index is 6.45. The van der Waals surface area contributed by atoms with Crippen LogP contribution in [-0.4, -0.2) is 12.1 Å². The summed E-state index contributed by atoms with van der Waals surface area (Å²) < 4.78 is 11.4. The third kappa shape index (κ3) is 6.66. The van der Waals surface area contributed by atoms with Gasteiger partial charge in [-0.25, -0.2) is 0 Å². The van der Waals surface area contributed by atoms with Crippen molar-refractivity contribution in [1.29, 1.82) is 0 Å². The summed E-state index contributed by atoms with van der Waals surface area (Å²) in [6.45, 7) is 1.63. The van der Waals surface area contributed by atoms with Crippen molar-refractivity contribution >= 4 is 47.2 Å². The van der Waals surface area contributed by atoms with Gasteiger partial charge in [0.15, 0.2) is 11.5 Å². The smallest absolute Gasteiger partial charge is 0.180 e. The Balaban J connectivity index is 0.00000300. The van der Waals surface area contributed by atoms with Crippen molar-refractivity contribution in [1.82, 2.24) is 10.3 Å². The van der Waals surface area contributed by atoms with Gasteiger partial charge in [-0.1, -0.05) is 40.9 Å². The number of rotatable bonds is 8. The molecule has 0 aliphatic rings. The first-order chi connectivity index (χ1) is 13.6. The van der Waals surface area contributed by atoms with Crippen LogP contribution in [0.1, 0.15) is 16.7 Å². The lowest BCUT2D eigenvalue weighted by atomic mass is 10.2. The molecule has 1 heterocycles. The first kappa shape index (κ1) is 23.6. The van der Waals surface area contributed by atoms with E-state index in [1.54, 1.807) is 31.6 Å². The molecular weight excluding hydrogens is 454 g/mol. The number of nitrogens with zero attached hydrogens (tertiary/aromatic N) is 1. The van der Waals surface area contributed by atoms with Crippen LogP contribution in [0.3, 0.4) is 0 Å². The zero-order valence-corrected chi connectivity index (χ0v) is 18.7. The molecule has 154 valence electrons. The third-order valence-electron chi connectivity index (χ3n) is 4.08. The fourth-order valence-corrected chi connectivity index (χ4v) is 3.41. The second-order valence-corrected chi connectivity index (χ2v) is 7.34. The number of benzene rings is 2. The van der Waals surface area contributed by atoms with Crippen LogP contribution in [0.2, 0.25) is 15.1 Å². The molecule has 0 unspecified atom stereocenters. The van der Waals surface area contributed by atoms with E-state index in [2.05, 4.69) is 10.3 Å². The van der Waals surface area contributed by atoms with Crippen molar-refractivity contribution in [3.8, 4) is 11.5 Å². The van der Waals surface area contributed by atoms with Gasteiger partial charge < -0.3 is 14.8 Å². The van der Waals surface area contributed by atoms with Crippen LogP contribution < -0.4 is 14.8 Å². The fraction of sp³-hybridized carbons (Fsp3) is 0.190. The molecule has 0 saturated heterocycles. The molecule has 0 radical (unpaired) electrons. The monoisotopic (exact) mass is 472 g/mol. The van der Waals surface area contributed by atoms with Crippen molar-refractivity contribution in [3.63, 3.8) is 0 Å². The van der Waals surface area contributed by atoms with Crippen molar-refractivity contribution in [3.05, 3.63) is 86.6 Å². The van der Waals surface area contributed by atoms with E-state index in [-0.39, 0.29) is 19.0 Å². The highest BCUT2D eigenvalue weighted by atomic mass is 35.5. The molecule has 0 aliphatic heterocycles. The molecule has 0 atom stereocenters. The highest BCUT2D eigenvalue weighted by Gasteiger charge is 2.13. The molecule has 1 aromatic heterocycles. The first-order valence-corrected chi connectivity index (χ1v) is 9.73. The molecule has 0 saturated carbocycles. The van der Waals surface area contributed by atoms with Crippen LogP contribution in [0.15, 0.2) is 54.9 Å². The van der Waals surface area contributed by atoms with Gasteiger partial charge in [-0.15, -0.1) is 12.4 Å². The largest absolute Gasteiger partial charge is 0.493 e. The maximum Gasteiger partial charge on any atom is 0.180 e. The third-order valence-corrected chi connectivity index (χ3v) is 4.95. The molecule has 1 N–H and O–H groups in total. The van der Waals surface area contributed by atoms with Crippen LogP contribution in [0, 0.1) is 0 Å². The molecule has 0 amide bonds. The van der Waals surface area contributed by atoms with Crippen LogP contribution >= 0.6 is 47.2 Å². The summed E-state index contributed by atoms with van der Waals surface area (Å²) in [4.78, 5) is 4.01. The summed E-state index contributed by atoms with van der Waals surface area (Å²) in [5, 5.41) is 4.97. The van der Waals surface area contributed by atoms with Crippen molar-refractivity contribution in [2.24, 2.45) is 0 Å². The van der Waals surface area contributed by atoms with Crippen LogP contribution in [-0.2, 0) is 19.7 Å². The minimum atomic E-state index is 0. The van der Waals surface area contributed by atoms with E-state index in [4.69, 9.17) is 44.3 Å². The lowest BCUT2D eigenvalue weighted by Crippen LogP contribution is -2.13. The van der Waals surface area contributed by atoms with Crippen molar-refractivity contribution in [2.75, 3.05) is 7.11 Å². The summed E-state index contributed by atoms with van der Waals surface area (Å²) in [5.41, 5.74) is 2.97. The first-order valence-electron chi connectivity index (χ1n) is 8.59. The molecule has 0 fully saturated rings. The van der Waals surface area contributed by atoms with Gasteiger partial charge in [-0.3, -0.25) is 4.98 Å². The quantitative estimate of drug-likeness (QED) is 0.414. The molecule has 3 aromatic rings. The van der Waals surface area contributed by atoms with Crippen molar-refractivity contribution < 1.29 is 9.47 Å². The van der Waals surface area contributed by atoms with Gasteiger partial charge >= 0.3 is 0 Å². The predicted molar refractivity (Wildman–Crippen MR) is 121 cm³/mol. The predicted octanol–water partition coefficient (Wildman–Crippen LogP) is 6.34. The SMILES string of the molecule is COc1cc(CNCc2ccncc2)cc(Cl)c1OCc1ccc(Cl)cc1Cl.Cl. The second-order valence-electron chi connectivity index (χ2n) is 6.09. The van der Waals surface area contributed by atoms with E-state index in [1.165, 1.54) is 0 Å². The maximum atomic E-state index is 6.45. The number of hydrogen-bond donors (Lipinski definition) is 1. The zero-order chi connectivity index (χ0) is 19.9. The average molecular weight is 474 g/mol. The Morgan fingerprint density at radius 1 is 0.897 bits per heavy atom. The number of pyridine rings is 1. The molecule has 29 heavy (non-hydrogen) atoms. The summed E-state index contributed by atoms with van der Waals surface area (Å²) in [6, 6.07) is 13.0. The summed E-state index contributed by atoms with van der Waals surface area (Å²) in [5.74, 6) is 1.05. The van der Waals surface area contributed by atoms with Gasteiger partial charge in [0, 0.05) is 41.1 Å². The Kier molecular flexibility index (Phi) is 9.34. The Morgan fingerprint density at radius 2 is 1.62 bits per heavy atom. The molecule has 8 heteroatoms. The van der Waals surface area contributed by atoms with Gasteiger partial charge in [-0.05, 0) is 47.5 Å². The molecule has 3 rings (SSSR count). The summed E-state index contributed by atoms with van der Waals surface area (Å²) >= 11 is 18.6. The fourth-order valence-electron chi connectivity index (χ4n) is 2.66. The minimum absolute atomic E-state index is 0. The number of methoxy groups -OCH3 is 1. The summed E-state index contributed by atoms with van der Waals surface area (Å²) in [7, 11) is 1.59. The van der Waals surface area contributed by atoms with E-state index < -0.39 is 0 Å². The Labute approximate surface area is 191 Å². The van der Waals surface area contributed by atoms with Gasteiger partial charge in [0.05, 0.1) is 12.1 Å². The van der Waals surface area contributed by atoms with E-state index in [0.29, 0.717) is 33.1 Å². The lowest BCUT2D eigenvalue weighted by Gasteiger charge is -2.15. The summed E-state index contributed by atoms with van der Waals surface area (Å²) in [6.07, 6.45) is 3.55. The lowest BCUT2D eigenvalue weighted by molar-refractivity contribution is 0.284. The van der Waals surface area contributed by atoms with Gasteiger partial charge in [0.2, 0.25) is 0 Å². The number of hydrogen-bond acceptors (Lipinski definition) is 4. The standard InChI is InChI=1S/C21H19Cl3N2O2.ClH/c1-27-20-9-15(12-26-11-14-4-6-25-7-5-14)8-19(24)21(20)28-13-16-2-3-17(22)10-18(16)23;/h2-10,26H,11-13H2,1H3;1H. The van der Waals surface area contributed by atoms with E-state index in [9.17, 15) is 0 Å². The van der Waals surface area contributed by atoms with Crippen LogP contribution in [0.4, 0.5) is 0 Å². The van der Waals surface area contributed by atoms with Gasteiger partial charge in [0.25, 0.3) is 0 Å². The number of nitrogens with one attached hydrogen (secondary N) is 1. The van der Waals surface area contributed by atoms with Gasteiger partial charge in [0.1, 0.15) is 6.61 Å². The van der Waals surface area contributed by atoms with Gasteiger partial charge in [-0.2, -0.15) is 0 Å². The normalized spacial score (nSPS) is 10.3. The molecule has 0 bridgehead atoms. The number of ether oxygens (including phenoxy) is 2. The zero-order valence-electron chi connectivity index (χ0n) is 15.6. The topological polar surface area (TPSA) is 43.4 Å². The van der Waals surface area contributed by atoms with E-state index in [0.717, 1.165) is 23.2 Å². The van der Waals surface area contributed by atoms with Crippen molar-refractivity contribution in [2.45, 2.75) is 19.7 Å². The molecule has 0 spiro atoms. The minimum Gasteiger partial charge on any atom is -0.493 e. The molecular formula is C21H20Cl4N2O2. The average Bonchev–Trinajstić information content (AvgIpc) is 2.69. The number of halogens is 4. The molecule has 4 nitrogen and oxygen atoms in total. The van der Waals surface area contributed by atoms with E-state index >= 15 is 0 Å². The Morgan fingerprint density at radius 3 is 2.31 bits per heavy atom. The van der Waals surface area contributed by atoms with E-state index in [1.807, 2.05) is 30.3 Å². The van der Waals surface area contributed by atoms with Crippen LogP contribution in [0.5, 0.6) is 11.5 Å².